The molecule has 4 rings (SSSR count). The standard InChI is InChI=1S/C22H24N4O4/c1-12(2)23-22(28)26-13(3)17-9-19-20(30-11-29-19)10-18(17)21(25-26)15-5-7-16(8-6-15)24-14(4)27/h5-10,12-13H,11H2,1-4H3,(H,23,28)(H,24,27). The molecule has 0 aliphatic carbocycles. The topological polar surface area (TPSA) is 92.3 Å². The average Bonchev–Trinajstić information content (AvgIpc) is 3.14. The van der Waals surface area contributed by atoms with Gasteiger partial charge in [-0.05, 0) is 50.6 Å². The van der Waals surface area contributed by atoms with Crippen molar-refractivity contribution in [3.8, 4) is 11.5 Å². The summed E-state index contributed by atoms with van der Waals surface area (Å²) >= 11 is 0. The van der Waals surface area contributed by atoms with Crippen LogP contribution in [0, 0.1) is 0 Å². The Bertz CT molecular complexity index is 1030. The lowest BCUT2D eigenvalue weighted by atomic mass is 9.91. The van der Waals surface area contributed by atoms with E-state index in [1.807, 2.05) is 57.2 Å². The molecule has 2 aliphatic rings. The van der Waals surface area contributed by atoms with Gasteiger partial charge in [0.05, 0.1) is 11.8 Å². The van der Waals surface area contributed by atoms with Crippen LogP contribution in [0.4, 0.5) is 10.5 Å². The Balaban J connectivity index is 1.79. The smallest absolute Gasteiger partial charge is 0.338 e. The van der Waals surface area contributed by atoms with Crippen LogP contribution in [0.3, 0.4) is 0 Å². The first kappa shape index (κ1) is 19.8. The van der Waals surface area contributed by atoms with Gasteiger partial charge in [-0.1, -0.05) is 12.1 Å². The third-order valence-electron chi connectivity index (χ3n) is 4.92. The lowest BCUT2D eigenvalue weighted by molar-refractivity contribution is -0.114. The van der Waals surface area contributed by atoms with Crippen molar-refractivity contribution in [1.82, 2.24) is 10.3 Å². The number of amides is 3. The third kappa shape index (κ3) is 3.68. The van der Waals surface area contributed by atoms with Crippen LogP contribution in [0.25, 0.3) is 0 Å². The van der Waals surface area contributed by atoms with Crippen LogP contribution in [0.2, 0.25) is 0 Å². The Kier molecular flexibility index (Phi) is 5.07. The maximum absolute atomic E-state index is 12.8. The number of nitrogens with one attached hydrogen (secondary N) is 2. The lowest BCUT2D eigenvalue weighted by Gasteiger charge is -2.32. The number of carbonyl (C=O) groups is 2. The van der Waals surface area contributed by atoms with Gasteiger partial charge in [0.2, 0.25) is 12.7 Å². The molecule has 1 unspecified atom stereocenters. The van der Waals surface area contributed by atoms with E-state index >= 15 is 0 Å². The number of fused-ring (bicyclic) bond motifs is 2. The van der Waals surface area contributed by atoms with E-state index in [-0.39, 0.29) is 30.8 Å². The molecule has 30 heavy (non-hydrogen) atoms. The van der Waals surface area contributed by atoms with Gasteiger partial charge in [-0.25, -0.2) is 9.80 Å². The summed E-state index contributed by atoms with van der Waals surface area (Å²) in [5.41, 5.74) is 3.96. The fraction of sp³-hybridized carbons (Fsp3) is 0.318. The molecule has 1 atom stereocenters. The summed E-state index contributed by atoms with van der Waals surface area (Å²) in [6.07, 6.45) is 0. The highest BCUT2D eigenvalue weighted by atomic mass is 16.7. The molecule has 0 bridgehead atoms. The van der Waals surface area contributed by atoms with E-state index in [1.165, 1.54) is 11.9 Å². The summed E-state index contributed by atoms with van der Waals surface area (Å²) in [7, 11) is 0. The zero-order valence-corrected chi connectivity index (χ0v) is 17.4. The van der Waals surface area contributed by atoms with Crippen LogP contribution >= 0.6 is 0 Å². The van der Waals surface area contributed by atoms with Crippen molar-refractivity contribution >= 4 is 23.3 Å². The molecule has 0 aromatic heterocycles. The lowest BCUT2D eigenvalue weighted by Crippen LogP contribution is -2.43. The van der Waals surface area contributed by atoms with Gasteiger partial charge in [-0.3, -0.25) is 4.79 Å². The second-order valence-corrected chi connectivity index (χ2v) is 7.62. The molecular formula is C22H24N4O4. The Morgan fingerprint density at radius 1 is 1.13 bits per heavy atom. The van der Waals surface area contributed by atoms with Gasteiger partial charge >= 0.3 is 6.03 Å². The molecule has 0 radical (unpaired) electrons. The minimum atomic E-state index is -0.282. The van der Waals surface area contributed by atoms with E-state index < -0.39 is 0 Å². The van der Waals surface area contributed by atoms with Crippen molar-refractivity contribution in [1.29, 1.82) is 0 Å². The van der Waals surface area contributed by atoms with Crippen molar-refractivity contribution < 1.29 is 19.1 Å². The maximum atomic E-state index is 12.8. The first-order chi connectivity index (χ1) is 14.3. The minimum Gasteiger partial charge on any atom is -0.454 e. The molecular weight excluding hydrogens is 384 g/mol. The quantitative estimate of drug-likeness (QED) is 0.811. The fourth-order valence-corrected chi connectivity index (χ4v) is 3.55. The van der Waals surface area contributed by atoms with E-state index in [0.717, 1.165) is 16.7 Å². The van der Waals surface area contributed by atoms with Gasteiger partial charge in [0.15, 0.2) is 11.5 Å². The molecule has 0 fully saturated rings. The molecule has 156 valence electrons. The Labute approximate surface area is 174 Å². The number of carbonyl (C=O) groups excluding carboxylic acids is 2. The van der Waals surface area contributed by atoms with Crippen molar-refractivity contribution in [2.24, 2.45) is 5.10 Å². The summed E-state index contributed by atoms with van der Waals surface area (Å²) in [6, 6.07) is 10.6. The summed E-state index contributed by atoms with van der Waals surface area (Å²) in [6.45, 7) is 7.38. The van der Waals surface area contributed by atoms with Gasteiger partial charge in [0, 0.05) is 29.8 Å². The van der Waals surface area contributed by atoms with Gasteiger partial charge < -0.3 is 20.1 Å². The molecule has 0 saturated carbocycles. The average molecular weight is 408 g/mol. The number of benzene rings is 2. The Morgan fingerprint density at radius 3 is 2.43 bits per heavy atom. The summed E-state index contributed by atoms with van der Waals surface area (Å²) < 4.78 is 11.1. The van der Waals surface area contributed by atoms with Crippen LogP contribution in [-0.4, -0.2) is 35.5 Å². The van der Waals surface area contributed by atoms with Gasteiger partial charge in [-0.15, -0.1) is 0 Å². The molecule has 2 aliphatic heterocycles. The van der Waals surface area contributed by atoms with Crippen LogP contribution < -0.4 is 20.1 Å². The van der Waals surface area contributed by atoms with E-state index in [4.69, 9.17) is 14.6 Å². The molecule has 2 aromatic carbocycles. The van der Waals surface area contributed by atoms with E-state index in [0.29, 0.717) is 22.9 Å². The van der Waals surface area contributed by atoms with Gasteiger partial charge in [0.25, 0.3) is 0 Å². The molecule has 2 aromatic rings. The largest absolute Gasteiger partial charge is 0.454 e. The van der Waals surface area contributed by atoms with Crippen molar-refractivity contribution in [3.05, 3.63) is 53.1 Å². The second-order valence-electron chi connectivity index (χ2n) is 7.62. The van der Waals surface area contributed by atoms with Gasteiger partial charge in [0.1, 0.15) is 0 Å². The summed E-state index contributed by atoms with van der Waals surface area (Å²) in [5, 5.41) is 11.8. The zero-order valence-electron chi connectivity index (χ0n) is 17.4. The predicted molar refractivity (Wildman–Crippen MR) is 113 cm³/mol. The molecule has 2 N–H and O–H groups in total. The van der Waals surface area contributed by atoms with Crippen molar-refractivity contribution in [2.45, 2.75) is 39.8 Å². The van der Waals surface area contributed by atoms with E-state index in [1.54, 1.807) is 0 Å². The third-order valence-corrected chi connectivity index (χ3v) is 4.92. The fourth-order valence-electron chi connectivity index (χ4n) is 3.55. The molecule has 2 heterocycles. The second kappa shape index (κ2) is 7.70. The summed E-state index contributed by atoms with van der Waals surface area (Å²) in [5.74, 6) is 1.18. The summed E-state index contributed by atoms with van der Waals surface area (Å²) in [4.78, 5) is 24.1. The molecule has 0 saturated heterocycles. The number of hydrogen-bond donors (Lipinski definition) is 2. The van der Waals surface area contributed by atoms with Gasteiger partial charge in [-0.2, -0.15) is 5.10 Å². The maximum Gasteiger partial charge on any atom is 0.338 e. The van der Waals surface area contributed by atoms with Crippen LogP contribution in [0.1, 0.15) is 50.4 Å². The highest BCUT2D eigenvalue weighted by Crippen LogP contribution is 2.41. The Hall–Kier alpha value is -3.55. The normalized spacial score (nSPS) is 16.8. The van der Waals surface area contributed by atoms with Crippen LogP contribution in [0.15, 0.2) is 41.5 Å². The SMILES string of the molecule is CC(=O)Nc1ccc(C2=NN(C(=O)NC(C)C)C(C)c3cc4c(cc32)OCO4)cc1. The first-order valence-corrected chi connectivity index (χ1v) is 9.83. The van der Waals surface area contributed by atoms with Crippen LogP contribution in [0.5, 0.6) is 11.5 Å². The number of rotatable bonds is 3. The number of anilines is 1. The molecule has 0 spiro atoms. The monoisotopic (exact) mass is 408 g/mol. The van der Waals surface area contributed by atoms with E-state index in [9.17, 15) is 9.59 Å². The van der Waals surface area contributed by atoms with Crippen molar-refractivity contribution in [3.63, 3.8) is 0 Å². The number of hydrazone groups is 1. The number of urea groups is 1. The minimum absolute atomic E-state index is 0.0153. The van der Waals surface area contributed by atoms with Crippen molar-refractivity contribution in [2.75, 3.05) is 12.1 Å². The number of nitrogens with zero attached hydrogens (tertiary/aromatic N) is 2. The highest BCUT2D eigenvalue weighted by molar-refractivity contribution is 6.15. The van der Waals surface area contributed by atoms with E-state index in [2.05, 4.69) is 10.6 Å². The predicted octanol–water partition coefficient (Wildman–Crippen LogP) is 3.62. The molecule has 8 heteroatoms. The Morgan fingerprint density at radius 2 is 1.80 bits per heavy atom. The molecule has 8 nitrogen and oxygen atoms in total. The highest BCUT2D eigenvalue weighted by Gasteiger charge is 2.33. The molecule has 3 amide bonds. The first-order valence-electron chi connectivity index (χ1n) is 9.83. The number of ether oxygens (including phenoxy) is 2. The van der Waals surface area contributed by atoms with Crippen LogP contribution in [-0.2, 0) is 4.79 Å². The zero-order chi connectivity index (χ0) is 21.4. The number of hydrogen-bond acceptors (Lipinski definition) is 5.